The van der Waals surface area contributed by atoms with E-state index in [0.29, 0.717) is 0 Å². The second kappa shape index (κ2) is 4.83. The summed E-state index contributed by atoms with van der Waals surface area (Å²) in [6.07, 6.45) is 1.74. The molecule has 0 bridgehead atoms. The maximum absolute atomic E-state index is 8.23. The fourth-order valence-corrected chi connectivity index (χ4v) is 0.863. The van der Waals surface area contributed by atoms with Crippen molar-refractivity contribution in [2.24, 2.45) is 10.2 Å². The minimum absolute atomic E-state index is 0.0956. The summed E-state index contributed by atoms with van der Waals surface area (Å²) in [5.41, 5.74) is 1.74. The molecule has 0 N–H and O–H groups in total. The number of nitriles is 1. The summed E-state index contributed by atoms with van der Waals surface area (Å²) < 4.78 is 0. The highest BCUT2D eigenvalue weighted by Gasteiger charge is 1.89. The maximum Gasteiger partial charge on any atom is 0.147 e. The van der Waals surface area contributed by atoms with Gasteiger partial charge in [-0.3, -0.25) is 0 Å². The Balaban J connectivity index is 2.78. The van der Waals surface area contributed by atoms with Crippen LogP contribution in [0.4, 0.5) is 5.69 Å². The van der Waals surface area contributed by atoms with Crippen LogP contribution in [-0.4, -0.2) is 6.54 Å². The van der Waals surface area contributed by atoms with Crippen LogP contribution in [0.3, 0.4) is 0 Å². The quantitative estimate of drug-likeness (QED) is 0.509. The van der Waals surface area contributed by atoms with Gasteiger partial charge in [-0.1, -0.05) is 24.8 Å². The van der Waals surface area contributed by atoms with E-state index in [1.165, 1.54) is 0 Å². The van der Waals surface area contributed by atoms with Gasteiger partial charge in [0, 0.05) is 0 Å². The van der Waals surface area contributed by atoms with Gasteiger partial charge >= 0.3 is 0 Å². The molecule has 0 atom stereocenters. The van der Waals surface area contributed by atoms with Crippen LogP contribution in [0.25, 0.3) is 6.08 Å². The highest BCUT2D eigenvalue weighted by molar-refractivity contribution is 5.53. The Morgan fingerprint density at radius 1 is 1.54 bits per heavy atom. The van der Waals surface area contributed by atoms with E-state index in [-0.39, 0.29) is 6.54 Å². The molecule has 1 aromatic rings. The minimum atomic E-state index is 0.0956. The van der Waals surface area contributed by atoms with Crippen molar-refractivity contribution < 1.29 is 0 Å². The Kier molecular flexibility index (Phi) is 3.40. The fourth-order valence-electron chi connectivity index (χ4n) is 0.863. The van der Waals surface area contributed by atoms with Crippen LogP contribution in [0.1, 0.15) is 5.56 Å². The molecule has 0 fully saturated rings. The van der Waals surface area contributed by atoms with Crippen LogP contribution in [-0.2, 0) is 0 Å². The molecule has 0 aliphatic rings. The van der Waals surface area contributed by atoms with Crippen molar-refractivity contribution >= 4 is 11.8 Å². The largest absolute Gasteiger partial charge is 0.196 e. The first-order valence-electron chi connectivity index (χ1n) is 3.84. The van der Waals surface area contributed by atoms with E-state index in [1.54, 1.807) is 6.08 Å². The summed E-state index contributed by atoms with van der Waals surface area (Å²) in [6, 6.07) is 9.37. The van der Waals surface area contributed by atoms with Gasteiger partial charge in [-0.15, -0.1) is 0 Å². The lowest BCUT2D eigenvalue weighted by Gasteiger charge is -1.93. The second-order valence-corrected chi connectivity index (χ2v) is 2.36. The standard InChI is InChI=1S/C10H9N3/c1-2-9-4-3-5-10(8-9)13-12-7-6-11/h2-5,8H,1,7H2. The lowest BCUT2D eigenvalue weighted by molar-refractivity contribution is 1.08. The number of rotatable bonds is 3. The van der Waals surface area contributed by atoms with Gasteiger partial charge in [0.1, 0.15) is 6.54 Å². The predicted octanol–water partition coefficient (Wildman–Crippen LogP) is 2.94. The molecule has 1 rings (SSSR count). The maximum atomic E-state index is 8.23. The molecule has 3 heteroatoms. The van der Waals surface area contributed by atoms with Crippen molar-refractivity contribution in [3.63, 3.8) is 0 Å². The van der Waals surface area contributed by atoms with Gasteiger partial charge in [-0.05, 0) is 17.7 Å². The Morgan fingerprint density at radius 3 is 3.08 bits per heavy atom. The molecule has 13 heavy (non-hydrogen) atoms. The lowest BCUT2D eigenvalue weighted by Crippen LogP contribution is -1.71. The van der Waals surface area contributed by atoms with Crippen molar-refractivity contribution in [1.82, 2.24) is 0 Å². The Labute approximate surface area is 77.0 Å². The van der Waals surface area contributed by atoms with Crippen LogP contribution in [0, 0.1) is 11.3 Å². The fraction of sp³-hybridized carbons (Fsp3) is 0.100. The lowest BCUT2D eigenvalue weighted by atomic mass is 10.2. The van der Waals surface area contributed by atoms with Gasteiger partial charge in [0.15, 0.2) is 0 Å². The molecule has 1 aromatic carbocycles. The summed E-state index contributed by atoms with van der Waals surface area (Å²) in [5, 5.41) is 15.7. The van der Waals surface area contributed by atoms with Crippen LogP contribution >= 0.6 is 0 Å². The molecular formula is C10H9N3. The predicted molar refractivity (Wildman–Crippen MR) is 51.5 cm³/mol. The van der Waals surface area contributed by atoms with E-state index in [9.17, 15) is 0 Å². The van der Waals surface area contributed by atoms with Crippen LogP contribution in [0.2, 0.25) is 0 Å². The van der Waals surface area contributed by atoms with Crippen LogP contribution in [0.5, 0.6) is 0 Å². The highest BCUT2D eigenvalue weighted by atomic mass is 15.1. The van der Waals surface area contributed by atoms with Gasteiger partial charge in [0.25, 0.3) is 0 Å². The van der Waals surface area contributed by atoms with Crippen molar-refractivity contribution in [2.75, 3.05) is 6.54 Å². The molecule has 0 saturated carbocycles. The van der Waals surface area contributed by atoms with Gasteiger partial charge < -0.3 is 0 Å². The Bertz CT molecular complexity index is 361. The van der Waals surface area contributed by atoms with E-state index in [4.69, 9.17) is 5.26 Å². The zero-order valence-corrected chi connectivity index (χ0v) is 7.14. The summed E-state index contributed by atoms with van der Waals surface area (Å²) in [4.78, 5) is 0. The summed E-state index contributed by atoms with van der Waals surface area (Å²) >= 11 is 0. The zero-order valence-electron chi connectivity index (χ0n) is 7.14. The monoisotopic (exact) mass is 171 g/mol. The number of azo groups is 1. The normalized spacial score (nSPS) is 9.77. The van der Waals surface area contributed by atoms with E-state index >= 15 is 0 Å². The summed E-state index contributed by atoms with van der Waals surface area (Å²) in [6.45, 7) is 3.74. The molecule has 0 amide bonds. The molecule has 64 valence electrons. The van der Waals surface area contributed by atoms with E-state index in [1.807, 2.05) is 30.3 Å². The molecule has 0 unspecified atom stereocenters. The zero-order chi connectivity index (χ0) is 9.52. The Morgan fingerprint density at radius 2 is 2.38 bits per heavy atom. The summed E-state index contributed by atoms with van der Waals surface area (Å²) in [5.74, 6) is 0. The van der Waals surface area contributed by atoms with E-state index in [0.717, 1.165) is 11.3 Å². The van der Waals surface area contributed by atoms with Crippen molar-refractivity contribution in [2.45, 2.75) is 0 Å². The molecule has 0 aromatic heterocycles. The third-order valence-electron chi connectivity index (χ3n) is 1.43. The molecule has 0 saturated heterocycles. The van der Waals surface area contributed by atoms with Crippen molar-refractivity contribution in [3.05, 3.63) is 36.4 Å². The molecule has 0 aliphatic carbocycles. The third-order valence-corrected chi connectivity index (χ3v) is 1.43. The smallest absolute Gasteiger partial charge is 0.147 e. The van der Waals surface area contributed by atoms with Crippen LogP contribution < -0.4 is 0 Å². The van der Waals surface area contributed by atoms with Crippen molar-refractivity contribution in [3.8, 4) is 6.07 Å². The third kappa shape index (κ3) is 2.88. The van der Waals surface area contributed by atoms with Gasteiger partial charge in [0.05, 0.1) is 11.8 Å². The first-order chi connectivity index (χ1) is 6.36. The van der Waals surface area contributed by atoms with Gasteiger partial charge in [-0.2, -0.15) is 15.5 Å². The van der Waals surface area contributed by atoms with E-state index < -0.39 is 0 Å². The summed E-state index contributed by atoms with van der Waals surface area (Å²) in [7, 11) is 0. The molecule has 0 radical (unpaired) electrons. The number of benzene rings is 1. The van der Waals surface area contributed by atoms with Gasteiger partial charge in [0.2, 0.25) is 0 Å². The molecular weight excluding hydrogens is 162 g/mol. The van der Waals surface area contributed by atoms with Gasteiger partial charge in [-0.25, -0.2) is 0 Å². The second-order valence-electron chi connectivity index (χ2n) is 2.36. The Hall–Kier alpha value is -1.95. The van der Waals surface area contributed by atoms with E-state index in [2.05, 4.69) is 16.8 Å². The van der Waals surface area contributed by atoms with Crippen molar-refractivity contribution in [1.29, 1.82) is 5.26 Å². The molecule has 0 spiro atoms. The number of hydrogen-bond acceptors (Lipinski definition) is 3. The topological polar surface area (TPSA) is 48.5 Å². The average molecular weight is 171 g/mol. The molecule has 3 nitrogen and oxygen atoms in total. The molecule has 0 heterocycles. The highest BCUT2D eigenvalue weighted by Crippen LogP contribution is 2.14. The first kappa shape index (κ1) is 9.14. The first-order valence-corrected chi connectivity index (χ1v) is 3.84. The van der Waals surface area contributed by atoms with Crippen LogP contribution in [0.15, 0.2) is 41.1 Å². The minimum Gasteiger partial charge on any atom is -0.196 e. The SMILES string of the molecule is C=Cc1cccc(N=NCC#N)c1. The number of nitrogens with zero attached hydrogens (tertiary/aromatic N) is 3. The number of hydrogen-bond donors (Lipinski definition) is 0. The average Bonchev–Trinajstić information content (AvgIpc) is 2.19. The molecule has 0 aliphatic heterocycles.